The number of amides is 1. The average Bonchev–Trinajstić information content (AvgIpc) is 3.14. The lowest BCUT2D eigenvalue weighted by Crippen LogP contribution is -2.26. The molecular formula is C22H19N3O2S. The topological polar surface area (TPSA) is 63.5 Å². The van der Waals surface area contributed by atoms with E-state index in [2.05, 4.69) is 17.2 Å². The zero-order chi connectivity index (χ0) is 19.7. The lowest BCUT2D eigenvalue weighted by atomic mass is 10.1. The molecule has 1 amide bonds. The van der Waals surface area contributed by atoms with Crippen LogP contribution in [0.5, 0.6) is 0 Å². The Morgan fingerprint density at radius 3 is 2.50 bits per heavy atom. The third-order valence-electron chi connectivity index (χ3n) is 4.66. The van der Waals surface area contributed by atoms with E-state index in [4.69, 9.17) is 0 Å². The second-order valence-electron chi connectivity index (χ2n) is 6.59. The van der Waals surface area contributed by atoms with Gasteiger partial charge >= 0.3 is 0 Å². The predicted octanol–water partition coefficient (Wildman–Crippen LogP) is 4.55. The smallest absolute Gasteiger partial charge is 0.271 e. The summed E-state index contributed by atoms with van der Waals surface area (Å²) in [6.45, 7) is 4.08. The summed E-state index contributed by atoms with van der Waals surface area (Å²) in [6.07, 6.45) is 2.28. The summed E-state index contributed by atoms with van der Waals surface area (Å²) in [5.41, 5.74) is 4.27. The number of anilines is 1. The van der Waals surface area contributed by atoms with E-state index in [0.29, 0.717) is 10.6 Å². The molecule has 5 nitrogen and oxygen atoms in total. The van der Waals surface area contributed by atoms with Crippen LogP contribution in [0.25, 0.3) is 16.2 Å². The zero-order valence-electron chi connectivity index (χ0n) is 15.6. The number of fused-ring (bicyclic) bond motifs is 1. The Balaban J connectivity index is 1.72. The number of rotatable bonds is 4. The van der Waals surface area contributed by atoms with Gasteiger partial charge in [0.05, 0.1) is 5.69 Å². The molecule has 1 N–H and O–H groups in total. The highest BCUT2D eigenvalue weighted by molar-refractivity contribution is 7.15. The van der Waals surface area contributed by atoms with Gasteiger partial charge in [0.15, 0.2) is 4.96 Å². The fraction of sp³-hybridized carbons (Fsp3) is 0.136. The van der Waals surface area contributed by atoms with Crippen molar-refractivity contribution in [3.63, 3.8) is 0 Å². The zero-order valence-corrected chi connectivity index (χ0v) is 16.4. The first-order valence-corrected chi connectivity index (χ1v) is 9.91. The Kier molecular flexibility index (Phi) is 4.79. The van der Waals surface area contributed by atoms with Gasteiger partial charge in [-0.05, 0) is 36.6 Å². The predicted molar refractivity (Wildman–Crippen MR) is 113 cm³/mol. The average molecular weight is 389 g/mol. The lowest BCUT2D eigenvalue weighted by molar-refractivity contribution is 0.102. The minimum atomic E-state index is -0.461. The Morgan fingerprint density at radius 1 is 1.11 bits per heavy atom. The maximum atomic E-state index is 13.1. The van der Waals surface area contributed by atoms with Crippen LogP contribution in [0.4, 0.5) is 5.69 Å². The van der Waals surface area contributed by atoms with Crippen LogP contribution < -0.4 is 10.9 Å². The molecule has 140 valence electrons. The van der Waals surface area contributed by atoms with Crippen LogP contribution in [0.2, 0.25) is 0 Å². The fourth-order valence-corrected chi connectivity index (χ4v) is 3.86. The number of carbonyl (C=O) groups is 1. The van der Waals surface area contributed by atoms with Crippen LogP contribution in [0.1, 0.15) is 28.4 Å². The molecule has 2 aromatic carbocycles. The minimum Gasteiger partial charge on any atom is -0.322 e. The monoisotopic (exact) mass is 389 g/mol. The van der Waals surface area contributed by atoms with Gasteiger partial charge in [-0.2, -0.15) is 0 Å². The molecule has 28 heavy (non-hydrogen) atoms. The molecule has 2 aromatic heterocycles. The number of benzene rings is 2. The van der Waals surface area contributed by atoms with Crippen LogP contribution in [-0.2, 0) is 6.42 Å². The van der Waals surface area contributed by atoms with Crippen molar-refractivity contribution in [1.82, 2.24) is 9.38 Å². The molecule has 0 aliphatic carbocycles. The van der Waals surface area contributed by atoms with Crippen molar-refractivity contribution in [2.45, 2.75) is 20.3 Å². The van der Waals surface area contributed by atoms with Crippen LogP contribution in [0.3, 0.4) is 0 Å². The molecule has 0 bridgehead atoms. The summed E-state index contributed by atoms with van der Waals surface area (Å²) in [7, 11) is 0. The van der Waals surface area contributed by atoms with Crippen molar-refractivity contribution in [3.05, 3.63) is 87.2 Å². The highest BCUT2D eigenvalue weighted by atomic mass is 32.1. The van der Waals surface area contributed by atoms with E-state index < -0.39 is 5.91 Å². The highest BCUT2D eigenvalue weighted by Crippen LogP contribution is 2.24. The molecule has 0 spiro atoms. The van der Waals surface area contributed by atoms with Crippen molar-refractivity contribution >= 4 is 27.9 Å². The van der Waals surface area contributed by atoms with Gasteiger partial charge in [-0.1, -0.05) is 48.9 Å². The highest BCUT2D eigenvalue weighted by Gasteiger charge is 2.17. The van der Waals surface area contributed by atoms with E-state index >= 15 is 0 Å². The number of aryl methyl sites for hydroxylation is 2. The maximum absolute atomic E-state index is 13.1. The van der Waals surface area contributed by atoms with Crippen molar-refractivity contribution < 1.29 is 4.79 Å². The van der Waals surface area contributed by atoms with Crippen LogP contribution >= 0.6 is 11.3 Å². The molecule has 4 aromatic rings. The Hall–Kier alpha value is -3.25. The van der Waals surface area contributed by atoms with E-state index in [-0.39, 0.29) is 11.1 Å². The number of hydrogen-bond acceptors (Lipinski definition) is 4. The standard InChI is InChI=1S/C22H19N3O2S/c1-3-15-6-10-17(11-7-15)24-20(26)18-12-23-22-25(21(18)27)19(13-28-22)16-8-4-14(2)5-9-16/h4-13H,3H2,1-2H3,(H,24,26). The third-order valence-corrected chi connectivity index (χ3v) is 5.50. The summed E-state index contributed by atoms with van der Waals surface area (Å²) < 4.78 is 1.50. The number of aromatic nitrogens is 2. The molecule has 0 radical (unpaired) electrons. The molecule has 4 rings (SSSR count). The molecule has 0 saturated carbocycles. The third kappa shape index (κ3) is 3.34. The van der Waals surface area contributed by atoms with E-state index in [0.717, 1.165) is 23.2 Å². The maximum Gasteiger partial charge on any atom is 0.271 e. The van der Waals surface area contributed by atoms with Gasteiger partial charge < -0.3 is 5.32 Å². The molecule has 0 unspecified atom stereocenters. The van der Waals surface area contributed by atoms with Crippen molar-refractivity contribution in [1.29, 1.82) is 0 Å². The van der Waals surface area contributed by atoms with Crippen LogP contribution in [0, 0.1) is 6.92 Å². The molecule has 0 fully saturated rings. The molecular weight excluding hydrogens is 370 g/mol. The Labute approximate surface area is 166 Å². The number of nitrogens with zero attached hydrogens (tertiary/aromatic N) is 2. The van der Waals surface area contributed by atoms with Crippen LogP contribution in [-0.4, -0.2) is 15.3 Å². The SMILES string of the molecule is CCc1ccc(NC(=O)c2cnc3scc(-c4ccc(C)cc4)n3c2=O)cc1. The minimum absolute atomic E-state index is 0.0174. The van der Waals surface area contributed by atoms with Gasteiger partial charge in [0.25, 0.3) is 11.5 Å². The van der Waals surface area contributed by atoms with E-state index in [1.54, 1.807) is 0 Å². The van der Waals surface area contributed by atoms with Gasteiger partial charge in [0, 0.05) is 17.3 Å². The summed E-state index contributed by atoms with van der Waals surface area (Å²) in [6, 6.07) is 15.5. The van der Waals surface area contributed by atoms with Gasteiger partial charge in [0.2, 0.25) is 0 Å². The number of carbonyl (C=O) groups excluding carboxylic acids is 1. The number of hydrogen-bond donors (Lipinski definition) is 1. The summed E-state index contributed by atoms with van der Waals surface area (Å²) in [5.74, 6) is -0.461. The second kappa shape index (κ2) is 7.40. The van der Waals surface area contributed by atoms with Crippen molar-refractivity contribution in [2.75, 3.05) is 5.32 Å². The first-order chi connectivity index (χ1) is 13.6. The van der Waals surface area contributed by atoms with Gasteiger partial charge in [0.1, 0.15) is 5.56 Å². The summed E-state index contributed by atoms with van der Waals surface area (Å²) in [4.78, 5) is 30.6. The van der Waals surface area contributed by atoms with Crippen molar-refractivity contribution in [3.8, 4) is 11.3 Å². The van der Waals surface area contributed by atoms with E-state index in [1.165, 1.54) is 27.5 Å². The molecule has 0 atom stereocenters. The van der Waals surface area contributed by atoms with Crippen molar-refractivity contribution in [2.24, 2.45) is 0 Å². The molecule has 0 saturated heterocycles. The lowest BCUT2D eigenvalue weighted by Gasteiger charge is -2.07. The largest absolute Gasteiger partial charge is 0.322 e. The van der Waals surface area contributed by atoms with E-state index in [1.807, 2.05) is 60.8 Å². The molecule has 0 aliphatic heterocycles. The van der Waals surface area contributed by atoms with Gasteiger partial charge in [-0.25, -0.2) is 4.98 Å². The van der Waals surface area contributed by atoms with Crippen LogP contribution in [0.15, 0.2) is 64.9 Å². The Morgan fingerprint density at radius 2 is 1.82 bits per heavy atom. The summed E-state index contributed by atoms with van der Waals surface area (Å²) in [5, 5.41) is 4.67. The number of thiazole rings is 1. The molecule has 6 heteroatoms. The molecule has 0 aliphatic rings. The second-order valence-corrected chi connectivity index (χ2v) is 7.42. The Bertz CT molecular complexity index is 1210. The quantitative estimate of drug-likeness (QED) is 0.557. The number of nitrogens with one attached hydrogen (secondary N) is 1. The molecule has 2 heterocycles. The summed E-state index contributed by atoms with van der Waals surface area (Å²) >= 11 is 1.38. The van der Waals surface area contributed by atoms with Gasteiger partial charge in [-0.3, -0.25) is 14.0 Å². The fourth-order valence-electron chi connectivity index (χ4n) is 3.00. The van der Waals surface area contributed by atoms with E-state index in [9.17, 15) is 9.59 Å². The van der Waals surface area contributed by atoms with Gasteiger partial charge in [-0.15, -0.1) is 11.3 Å². The first-order valence-electron chi connectivity index (χ1n) is 9.03. The first kappa shape index (κ1) is 18.1. The normalized spacial score (nSPS) is 10.9.